The summed E-state index contributed by atoms with van der Waals surface area (Å²) in [6, 6.07) is 6.92. The van der Waals surface area contributed by atoms with Crippen LogP contribution in [0.25, 0.3) is 0 Å². The minimum Gasteiger partial charge on any atom is -0.356 e. The summed E-state index contributed by atoms with van der Waals surface area (Å²) in [6.45, 7) is 2.87. The Morgan fingerprint density at radius 1 is 1.16 bits per heavy atom. The second kappa shape index (κ2) is 8.29. The van der Waals surface area contributed by atoms with Crippen LogP contribution in [0.2, 0.25) is 0 Å². The van der Waals surface area contributed by atoms with E-state index in [2.05, 4.69) is 15.4 Å². The maximum Gasteiger partial charge on any atom is 0.240 e. The fourth-order valence-corrected chi connectivity index (χ4v) is 4.35. The van der Waals surface area contributed by atoms with Gasteiger partial charge in [-0.25, -0.2) is 13.1 Å². The van der Waals surface area contributed by atoms with Crippen LogP contribution >= 0.6 is 0 Å². The smallest absolute Gasteiger partial charge is 0.240 e. The Hall–Kier alpha value is -1.44. The molecule has 1 saturated carbocycles. The Balaban J connectivity index is 1.39. The normalized spacial score (nSPS) is 20.6. The van der Waals surface area contributed by atoms with Gasteiger partial charge in [0, 0.05) is 19.0 Å². The van der Waals surface area contributed by atoms with Crippen LogP contribution in [0, 0.1) is 5.92 Å². The molecule has 25 heavy (non-hydrogen) atoms. The number of rotatable bonds is 9. The molecule has 6 nitrogen and oxygen atoms in total. The van der Waals surface area contributed by atoms with Crippen LogP contribution in [-0.4, -0.2) is 40.0 Å². The molecule has 0 bridgehead atoms. The van der Waals surface area contributed by atoms with Gasteiger partial charge in [-0.1, -0.05) is 12.1 Å². The highest BCUT2D eigenvalue weighted by molar-refractivity contribution is 7.89. The number of nitrogens with one attached hydrogen (secondary N) is 3. The van der Waals surface area contributed by atoms with Crippen LogP contribution in [0.1, 0.15) is 37.7 Å². The minimum absolute atomic E-state index is 0.0538. The Kier molecular flexibility index (Phi) is 6.09. The summed E-state index contributed by atoms with van der Waals surface area (Å²) in [5, 5.41) is 6.30. The van der Waals surface area contributed by atoms with Gasteiger partial charge in [0.15, 0.2) is 0 Å². The third-order valence-corrected chi connectivity index (χ3v) is 6.35. The van der Waals surface area contributed by atoms with Gasteiger partial charge in [0.1, 0.15) is 0 Å². The Morgan fingerprint density at radius 2 is 1.92 bits per heavy atom. The molecule has 0 aromatic heterocycles. The van der Waals surface area contributed by atoms with Crippen molar-refractivity contribution in [1.29, 1.82) is 0 Å². The van der Waals surface area contributed by atoms with Crippen LogP contribution < -0.4 is 15.4 Å². The second-order valence-electron chi connectivity index (χ2n) is 7.04. The van der Waals surface area contributed by atoms with Gasteiger partial charge < -0.3 is 10.6 Å². The molecule has 2 aliphatic rings. The molecule has 7 heteroatoms. The highest BCUT2D eigenvalue weighted by Gasteiger charge is 2.27. The first kappa shape index (κ1) is 18.4. The van der Waals surface area contributed by atoms with E-state index in [4.69, 9.17) is 0 Å². The van der Waals surface area contributed by atoms with E-state index in [0.717, 1.165) is 44.5 Å². The number of aryl methyl sites for hydroxylation is 1. The largest absolute Gasteiger partial charge is 0.356 e. The molecule has 1 aliphatic heterocycles. The fraction of sp³-hybridized carbons (Fsp3) is 0.611. The number of amides is 1. The van der Waals surface area contributed by atoms with E-state index >= 15 is 0 Å². The van der Waals surface area contributed by atoms with Crippen molar-refractivity contribution in [3.8, 4) is 0 Å². The zero-order valence-electron chi connectivity index (χ0n) is 14.5. The van der Waals surface area contributed by atoms with Crippen molar-refractivity contribution in [1.82, 2.24) is 15.4 Å². The topological polar surface area (TPSA) is 87.3 Å². The van der Waals surface area contributed by atoms with E-state index in [0.29, 0.717) is 18.8 Å². The van der Waals surface area contributed by atoms with Crippen molar-refractivity contribution >= 4 is 15.9 Å². The maximum absolute atomic E-state index is 12.1. The molecule has 138 valence electrons. The monoisotopic (exact) mass is 365 g/mol. The van der Waals surface area contributed by atoms with Crippen LogP contribution in [0.4, 0.5) is 0 Å². The quantitative estimate of drug-likeness (QED) is 0.613. The third-order valence-electron chi connectivity index (χ3n) is 4.81. The molecule has 1 aliphatic carbocycles. The Labute approximate surface area is 149 Å². The standard InChI is InChI=1S/C18H27N3O3S/c22-18(20-12-10-15-9-11-19-13-15)8-3-14-1-6-17(7-2-14)25(23,24)21-16-4-5-16/h1-2,6-7,15-16,19,21H,3-5,8-13H2,(H,20,22). The highest BCUT2D eigenvalue weighted by atomic mass is 32.2. The summed E-state index contributed by atoms with van der Waals surface area (Å²) >= 11 is 0. The first-order valence-corrected chi connectivity index (χ1v) is 10.6. The molecule has 2 fully saturated rings. The molecule has 1 aromatic carbocycles. The van der Waals surface area contributed by atoms with Crippen molar-refractivity contribution < 1.29 is 13.2 Å². The fourth-order valence-electron chi connectivity index (χ4n) is 3.05. The predicted octanol–water partition coefficient (Wildman–Crippen LogP) is 1.18. The zero-order chi connectivity index (χ0) is 17.7. The van der Waals surface area contributed by atoms with Gasteiger partial charge in [0.2, 0.25) is 15.9 Å². The minimum atomic E-state index is -3.40. The molecular weight excluding hydrogens is 338 g/mol. The highest BCUT2D eigenvalue weighted by Crippen LogP contribution is 2.22. The van der Waals surface area contributed by atoms with Crippen molar-refractivity contribution in [2.45, 2.75) is 49.5 Å². The number of hydrogen-bond donors (Lipinski definition) is 3. The van der Waals surface area contributed by atoms with Gasteiger partial charge in [0.25, 0.3) is 0 Å². The molecule has 1 amide bonds. The average molecular weight is 365 g/mol. The molecule has 0 spiro atoms. The van der Waals surface area contributed by atoms with Crippen molar-refractivity contribution in [2.75, 3.05) is 19.6 Å². The lowest BCUT2D eigenvalue weighted by Gasteiger charge is -2.10. The van der Waals surface area contributed by atoms with Crippen LogP contribution in [-0.2, 0) is 21.2 Å². The van der Waals surface area contributed by atoms with Crippen molar-refractivity contribution in [2.24, 2.45) is 5.92 Å². The van der Waals surface area contributed by atoms with Crippen LogP contribution in [0.5, 0.6) is 0 Å². The Bertz CT molecular complexity index is 678. The van der Waals surface area contributed by atoms with E-state index in [9.17, 15) is 13.2 Å². The van der Waals surface area contributed by atoms with E-state index < -0.39 is 10.0 Å². The van der Waals surface area contributed by atoms with Gasteiger partial charge >= 0.3 is 0 Å². The lowest BCUT2D eigenvalue weighted by atomic mass is 10.1. The van der Waals surface area contributed by atoms with Gasteiger partial charge in [-0.2, -0.15) is 0 Å². The molecule has 3 rings (SSSR count). The number of carbonyl (C=O) groups excluding carboxylic acids is 1. The molecule has 3 N–H and O–H groups in total. The summed E-state index contributed by atoms with van der Waals surface area (Å²) in [5.41, 5.74) is 0.973. The lowest BCUT2D eigenvalue weighted by Crippen LogP contribution is -2.26. The third kappa shape index (κ3) is 5.80. The number of benzene rings is 1. The average Bonchev–Trinajstić information content (AvgIpc) is 3.23. The summed E-state index contributed by atoms with van der Waals surface area (Å²) < 4.78 is 26.9. The van der Waals surface area contributed by atoms with Gasteiger partial charge in [-0.05, 0) is 68.8 Å². The van der Waals surface area contributed by atoms with Crippen molar-refractivity contribution in [3.05, 3.63) is 29.8 Å². The van der Waals surface area contributed by atoms with Gasteiger partial charge in [-0.15, -0.1) is 0 Å². The Morgan fingerprint density at radius 3 is 2.56 bits per heavy atom. The first-order chi connectivity index (χ1) is 12.0. The number of sulfonamides is 1. The van der Waals surface area contributed by atoms with E-state index in [-0.39, 0.29) is 16.8 Å². The summed E-state index contributed by atoms with van der Waals surface area (Å²) in [4.78, 5) is 12.2. The van der Waals surface area contributed by atoms with E-state index in [1.54, 1.807) is 24.3 Å². The van der Waals surface area contributed by atoms with Crippen molar-refractivity contribution in [3.63, 3.8) is 0 Å². The first-order valence-electron chi connectivity index (χ1n) is 9.11. The molecular formula is C18H27N3O3S. The van der Waals surface area contributed by atoms with Crippen LogP contribution in [0.15, 0.2) is 29.2 Å². The van der Waals surface area contributed by atoms with E-state index in [1.807, 2.05) is 0 Å². The van der Waals surface area contributed by atoms with Crippen LogP contribution in [0.3, 0.4) is 0 Å². The van der Waals surface area contributed by atoms with E-state index in [1.165, 1.54) is 6.42 Å². The summed E-state index contributed by atoms with van der Waals surface area (Å²) in [6.07, 6.45) is 5.11. The number of hydrogen-bond acceptors (Lipinski definition) is 4. The molecule has 1 aromatic rings. The maximum atomic E-state index is 12.1. The molecule has 1 atom stereocenters. The SMILES string of the molecule is O=C(CCc1ccc(S(=O)(=O)NC2CC2)cc1)NCCC1CCNC1. The second-order valence-corrected chi connectivity index (χ2v) is 8.75. The number of carbonyl (C=O) groups is 1. The molecule has 1 unspecified atom stereocenters. The molecule has 1 heterocycles. The molecule has 0 radical (unpaired) electrons. The predicted molar refractivity (Wildman–Crippen MR) is 96.7 cm³/mol. The van der Waals surface area contributed by atoms with Gasteiger partial charge in [-0.3, -0.25) is 4.79 Å². The lowest BCUT2D eigenvalue weighted by molar-refractivity contribution is -0.121. The molecule has 1 saturated heterocycles. The summed E-state index contributed by atoms with van der Waals surface area (Å²) in [5.74, 6) is 0.733. The zero-order valence-corrected chi connectivity index (χ0v) is 15.3. The van der Waals surface area contributed by atoms with Gasteiger partial charge in [0.05, 0.1) is 4.90 Å². The summed E-state index contributed by atoms with van der Waals surface area (Å²) in [7, 11) is -3.40.